The van der Waals surface area contributed by atoms with Crippen LogP contribution < -0.4 is 5.14 Å². The van der Waals surface area contributed by atoms with Crippen LogP contribution in [0.2, 0.25) is 0 Å². The second-order valence-electron chi connectivity index (χ2n) is 6.17. The lowest BCUT2D eigenvalue weighted by atomic mass is 10.1. The average molecular weight is 339 g/mol. The van der Waals surface area contributed by atoms with Crippen molar-refractivity contribution in [3.63, 3.8) is 0 Å². The Morgan fingerprint density at radius 1 is 1.39 bits per heavy atom. The maximum atomic E-state index is 12.2. The number of hydrogen-bond acceptors (Lipinski definition) is 4. The summed E-state index contributed by atoms with van der Waals surface area (Å²) < 4.78 is 22.6. The van der Waals surface area contributed by atoms with Crippen LogP contribution in [-0.4, -0.2) is 62.1 Å². The predicted octanol–water partition coefficient (Wildman–Crippen LogP) is 0.439. The summed E-state index contributed by atoms with van der Waals surface area (Å²) in [7, 11) is -1.78. The van der Waals surface area contributed by atoms with Crippen LogP contribution in [0.15, 0.2) is 30.3 Å². The lowest BCUT2D eigenvalue weighted by Gasteiger charge is -2.25. The zero-order chi connectivity index (χ0) is 17.0. The van der Waals surface area contributed by atoms with Crippen molar-refractivity contribution in [3.8, 4) is 0 Å². The van der Waals surface area contributed by atoms with E-state index >= 15 is 0 Å². The van der Waals surface area contributed by atoms with Crippen LogP contribution in [0.5, 0.6) is 0 Å². The van der Waals surface area contributed by atoms with Gasteiger partial charge in [-0.15, -0.1) is 0 Å². The summed E-state index contributed by atoms with van der Waals surface area (Å²) in [5, 5.41) is 3.90. The summed E-state index contributed by atoms with van der Waals surface area (Å²) in [6.07, 6.45) is 1.81. The van der Waals surface area contributed by atoms with Crippen molar-refractivity contribution in [2.75, 3.05) is 26.7 Å². The Labute approximate surface area is 138 Å². The average Bonchev–Trinajstić information content (AvgIpc) is 3.01. The molecule has 23 heavy (non-hydrogen) atoms. The van der Waals surface area contributed by atoms with Gasteiger partial charge in [-0.2, -0.15) is 0 Å². The van der Waals surface area contributed by atoms with Crippen molar-refractivity contribution in [1.29, 1.82) is 0 Å². The second kappa shape index (κ2) is 7.42. The van der Waals surface area contributed by atoms with Crippen molar-refractivity contribution in [2.24, 2.45) is 5.14 Å². The Morgan fingerprint density at radius 3 is 2.65 bits per heavy atom. The van der Waals surface area contributed by atoms with E-state index in [9.17, 15) is 13.2 Å². The lowest BCUT2D eigenvalue weighted by molar-refractivity contribution is -0.129. The predicted molar refractivity (Wildman–Crippen MR) is 90.3 cm³/mol. The SMILES string of the molecule is CC(C(=O)N1CCC(N(C)CCc2ccccc2)C1)S(N)(=O)=O. The molecule has 128 valence electrons. The van der Waals surface area contributed by atoms with Gasteiger partial charge in [0.15, 0.2) is 5.25 Å². The third-order valence-corrected chi connectivity index (χ3v) is 5.72. The Bertz CT molecular complexity index is 633. The number of likely N-dealkylation sites (N-methyl/N-ethyl adjacent to an activating group) is 1. The van der Waals surface area contributed by atoms with Crippen LogP contribution in [0.4, 0.5) is 0 Å². The van der Waals surface area contributed by atoms with Gasteiger partial charge >= 0.3 is 0 Å². The highest BCUT2D eigenvalue weighted by molar-refractivity contribution is 7.90. The molecule has 7 heteroatoms. The molecule has 1 aromatic carbocycles. The molecule has 0 bridgehead atoms. The number of hydrogen-bond donors (Lipinski definition) is 1. The number of carbonyl (C=O) groups is 1. The van der Waals surface area contributed by atoms with Crippen molar-refractivity contribution in [1.82, 2.24) is 9.80 Å². The van der Waals surface area contributed by atoms with Crippen LogP contribution in [0.1, 0.15) is 18.9 Å². The summed E-state index contributed by atoms with van der Waals surface area (Å²) in [4.78, 5) is 16.0. The van der Waals surface area contributed by atoms with Gasteiger partial charge in [0.1, 0.15) is 0 Å². The molecular formula is C16H25N3O3S. The first kappa shape index (κ1) is 17.9. The van der Waals surface area contributed by atoms with Gasteiger partial charge in [0.25, 0.3) is 0 Å². The smallest absolute Gasteiger partial charge is 0.242 e. The van der Waals surface area contributed by atoms with E-state index < -0.39 is 21.2 Å². The number of nitrogens with two attached hydrogens (primary N) is 1. The fourth-order valence-electron chi connectivity index (χ4n) is 2.83. The number of likely N-dealkylation sites (tertiary alicyclic amines) is 1. The number of amides is 1. The number of carbonyl (C=O) groups excluding carboxylic acids is 1. The Hall–Kier alpha value is -1.44. The summed E-state index contributed by atoms with van der Waals surface area (Å²) in [6, 6.07) is 10.5. The van der Waals surface area contributed by atoms with E-state index in [4.69, 9.17) is 5.14 Å². The molecule has 1 fully saturated rings. The summed E-state index contributed by atoms with van der Waals surface area (Å²) >= 11 is 0. The van der Waals surface area contributed by atoms with Crippen molar-refractivity contribution in [3.05, 3.63) is 35.9 Å². The monoisotopic (exact) mass is 339 g/mol. The molecule has 1 amide bonds. The highest BCUT2D eigenvalue weighted by Crippen LogP contribution is 2.17. The first-order valence-corrected chi connectivity index (χ1v) is 9.44. The molecule has 0 aromatic heterocycles. The maximum Gasteiger partial charge on any atom is 0.242 e. The Balaban J connectivity index is 1.86. The molecule has 2 atom stereocenters. The highest BCUT2D eigenvalue weighted by Gasteiger charge is 2.34. The first-order chi connectivity index (χ1) is 10.8. The van der Waals surface area contributed by atoms with Gasteiger partial charge in [0, 0.05) is 25.7 Å². The molecule has 6 nitrogen and oxygen atoms in total. The zero-order valence-electron chi connectivity index (χ0n) is 13.7. The zero-order valence-corrected chi connectivity index (χ0v) is 14.5. The van der Waals surface area contributed by atoms with Crippen molar-refractivity contribution >= 4 is 15.9 Å². The number of nitrogens with zero attached hydrogens (tertiary/aromatic N) is 2. The van der Waals surface area contributed by atoms with E-state index in [1.807, 2.05) is 25.2 Å². The van der Waals surface area contributed by atoms with Gasteiger partial charge in [-0.3, -0.25) is 4.79 Å². The van der Waals surface area contributed by atoms with E-state index in [-0.39, 0.29) is 6.04 Å². The molecule has 1 aromatic rings. The fourth-order valence-corrected chi connectivity index (χ4v) is 3.26. The van der Waals surface area contributed by atoms with Crippen molar-refractivity contribution in [2.45, 2.75) is 31.1 Å². The molecule has 1 aliphatic rings. The summed E-state index contributed by atoms with van der Waals surface area (Å²) in [5.74, 6) is -0.397. The second-order valence-corrected chi connectivity index (χ2v) is 8.06. The van der Waals surface area contributed by atoms with E-state index in [1.54, 1.807) is 4.90 Å². The molecule has 0 saturated carbocycles. The third-order valence-electron chi connectivity index (χ3n) is 4.53. The standard InChI is InChI=1S/C16H25N3O3S/c1-13(23(17,21)22)16(20)19-11-9-15(12-19)18(2)10-8-14-6-4-3-5-7-14/h3-7,13,15H,8-12H2,1-2H3,(H2,17,21,22). The van der Waals surface area contributed by atoms with E-state index in [1.165, 1.54) is 12.5 Å². The number of primary sulfonamides is 1. The molecular weight excluding hydrogens is 314 g/mol. The number of sulfonamides is 1. The van der Waals surface area contributed by atoms with Gasteiger partial charge in [-0.1, -0.05) is 30.3 Å². The molecule has 1 heterocycles. The van der Waals surface area contributed by atoms with Crippen LogP contribution >= 0.6 is 0 Å². The van der Waals surface area contributed by atoms with Crippen LogP contribution in [-0.2, 0) is 21.2 Å². The summed E-state index contributed by atoms with van der Waals surface area (Å²) in [5.41, 5.74) is 1.29. The van der Waals surface area contributed by atoms with Gasteiger partial charge in [-0.05, 0) is 32.4 Å². The van der Waals surface area contributed by atoms with Gasteiger partial charge < -0.3 is 9.80 Å². The minimum atomic E-state index is -3.83. The molecule has 0 radical (unpaired) electrons. The minimum Gasteiger partial charge on any atom is -0.340 e. The molecule has 2 rings (SSSR count). The van der Waals surface area contributed by atoms with Crippen molar-refractivity contribution < 1.29 is 13.2 Å². The van der Waals surface area contributed by atoms with Gasteiger partial charge in [0.05, 0.1) is 0 Å². The fraction of sp³-hybridized carbons (Fsp3) is 0.562. The lowest BCUT2D eigenvalue weighted by Crippen LogP contribution is -2.44. The highest BCUT2D eigenvalue weighted by atomic mass is 32.2. The van der Waals surface area contributed by atoms with Crippen LogP contribution in [0.3, 0.4) is 0 Å². The summed E-state index contributed by atoms with van der Waals surface area (Å²) in [6.45, 7) is 3.40. The van der Waals surface area contributed by atoms with Gasteiger partial charge in [0.2, 0.25) is 15.9 Å². The van der Waals surface area contributed by atoms with E-state index in [0.29, 0.717) is 13.1 Å². The number of benzene rings is 1. The van der Waals surface area contributed by atoms with E-state index in [2.05, 4.69) is 17.0 Å². The van der Waals surface area contributed by atoms with Gasteiger partial charge in [-0.25, -0.2) is 13.6 Å². The minimum absolute atomic E-state index is 0.260. The Morgan fingerprint density at radius 2 is 2.04 bits per heavy atom. The normalized spacial score (nSPS) is 20.0. The molecule has 2 N–H and O–H groups in total. The van der Waals surface area contributed by atoms with E-state index in [0.717, 1.165) is 19.4 Å². The molecule has 0 aliphatic carbocycles. The molecule has 1 aliphatic heterocycles. The molecule has 1 saturated heterocycles. The maximum absolute atomic E-state index is 12.2. The molecule has 0 spiro atoms. The number of rotatable bonds is 6. The topological polar surface area (TPSA) is 83.7 Å². The third kappa shape index (κ3) is 4.76. The Kier molecular flexibility index (Phi) is 5.78. The largest absolute Gasteiger partial charge is 0.340 e. The van der Waals surface area contributed by atoms with Crippen LogP contribution in [0, 0.1) is 0 Å². The first-order valence-electron chi connectivity index (χ1n) is 7.83. The van der Waals surface area contributed by atoms with Crippen LogP contribution in [0.25, 0.3) is 0 Å². The molecule has 2 unspecified atom stereocenters. The quantitative estimate of drug-likeness (QED) is 0.815.